The Labute approximate surface area is 49.8 Å². The maximum atomic E-state index is 4.94. The van der Waals surface area contributed by atoms with Crippen molar-refractivity contribution in [3.05, 3.63) is 0 Å². The lowest BCUT2D eigenvalue weighted by Gasteiger charge is -1.76. The summed E-state index contributed by atoms with van der Waals surface area (Å²) in [6.45, 7) is 4.00. The molecule has 2 aliphatic heterocycles. The van der Waals surface area contributed by atoms with Gasteiger partial charge in [0.05, 0.1) is 13.2 Å². The van der Waals surface area contributed by atoms with E-state index in [0.29, 0.717) is 0 Å². The van der Waals surface area contributed by atoms with Crippen LogP contribution in [0.25, 0.3) is 0 Å². The lowest BCUT2D eigenvalue weighted by atomic mass is 10.4. The Morgan fingerprint density at radius 1 is 0.625 bits per heavy atom. The first kappa shape index (κ1) is 6.05. The molecule has 2 fully saturated rings. The van der Waals surface area contributed by atoms with E-state index in [1.165, 1.54) is 12.8 Å². The standard InChI is InChI=1S/C4H8O.C2H4O/c1-2-4-5-3-1;1-2-3-1/h1-4H2;1-2H2. The molecule has 0 saturated carbocycles. The van der Waals surface area contributed by atoms with Gasteiger partial charge in [-0.25, -0.2) is 0 Å². The highest BCUT2D eigenvalue weighted by molar-refractivity contribution is 4.43. The summed E-state index contributed by atoms with van der Waals surface area (Å²) < 4.78 is 9.44. The zero-order valence-electron chi connectivity index (χ0n) is 5.06. The van der Waals surface area contributed by atoms with Crippen molar-refractivity contribution in [3.63, 3.8) is 0 Å². The number of ether oxygens (including phenoxy) is 2. The van der Waals surface area contributed by atoms with E-state index in [2.05, 4.69) is 4.74 Å². The van der Waals surface area contributed by atoms with Crippen LogP contribution in [0.2, 0.25) is 0 Å². The van der Waals surface area contributed by atoms with Crippen LogP contribution >= 0.6 is 0 Å². The van der Waals surface area contributed by atoms with E-state index in [9.17, 15) is 0 Å². The van der Waals surface area contributed by atoms with Crippen LogP contribution in [0.5, 0.6) is 0 Å². The van der Waals surface area contributed by atoms with Crippen LogP contribution in [0.1, 0.15) is 12.8 Å². The lowest BCUT2D eigenvalue weighted by Crippen LogP contribution is -1.74. The smallest absolute Gasteiger partial charge is 0.0701 e. The van der Waals surface area contributed by atoms with Gasteiger partial charge in [-0.3, -0.25) is 0 Å². The van der Waals surface area contributed by atoms with Crippen LogP contribution in [0, 0.1) is 0 Å². The minimum Gasteiger partial charge on any atom is -0.381 e. The van der Waals surface area contributed by atoms with Gasteiger partial charge in [0.25, 0.3) is 0 Å². The maximum Gasteiger partial charge on any atom is 0.0701 e. The molecule has 0 spiro atoms. The highest BCUT2D eigenvalue weighted by Crippen LogP contribution is 1.98. The highest BCUT2D eigenvalue weighted by Gasteiger charge is 1.94. The van der Waals surface area contributed by atoms with Crippen molar-refractivity contribution in [2.75, 3.05) is 26.4 Å². The molecule has 48 valence electrons. The summed E-state index contributed by atoms with van der Waals surface area (Å²) in [6.07, 6.45) is 2.56. The molecule has 0 bridgehead atoms. The Morgan fingerprint density at radius 3 is 1.25 bits per heavy atom. The molecular formula is C6H12O2. The molecule has 2 heterocycles. The van der Waals surface area contributed by atoms with Crippen LogP contribution in [0.3, 0.4) is 0 Å². The second-order valence-corrected chi connectivity index (χ2v) is 1.93. The van der Waals surface area contributed by atoms with Gasteiger partial charge in [-0.05, 0) is 12.8 Å². The van der Waals surface area contributed by atoms with Crippen LogP contribution in [0.4, 0.5) is 0 Å². The minimum absolute atomic E-state index is 1.00. The van der Waals surface area contributed by atoms with Gasteiger partial charge in [0.1, 0.15) is 0 Å². The highest BCUT2D eigenvalue weighted by atomic mass is 16.6. The van der Waals surface area contributed by atoms with Gasteiger partial charge in [-0.15, -0.1) is 0 Å². The van der Waals surface area contributed by atoms with E-state index >= 15 is 0 Å². The van der Waals surface area contributed by atoms with E-state index in [1.54, 1.807) is 0 Å². The molecule has 2 saturated heterocycles. The van der Waals surface area contributed by atoms with Crippen molar-refractivity contribution in [1.82, 2.24) is 0 Å². The number of rotatable bonds is 0. The number of epoxide rings is 1. The molecule has 2 heteroatoms. The summed E-state index contributed by atoms with van der Waals surface area (Å²) in [4.78, 5) is 0. The molecule has 8 heavy (non-hydrogen) atoms. The van der Waals surface area contributed by atoms with Crippen LogP contribution in [-0.4, -0.2) is 26.4 Å². The molecule has 0 radical (unpaired) electrons. The second-order valence-electron chi connectivity index (χ2n) is 1.93. The Hall–Kier alpha value is -0.0800. The molecule has 2 aliphatic rings. The fourth-order valence-corrected chi connectivity index (χ4v) is 0.510. The van der Waals surface area contributed by atoms with E-state index in [4.69, 9.17) is 4.74 Å². The summed E-state index contributed by atoms with van der Waals surface area (Å²) >= 11 is 0. The number of hydrogen-bond donors (Lipinski definition) is 0. The average Bonchev–Trinajstić information content (AvgIpc) is 2.55. The van der Waals surface area contributed by atoms with E-state index < -0.39 is 0 Å². The normalized spacial score (nSPS) is 24.0. The Kier molecular flexibility index (Phi) is 2.92. The molecule has 2 rings (SSSR count). The third-order valence-electron chi connectivity index (χ3n) is 1.03. The Morgan fingerprint density at radius 2 is 1.12 bits per heavy atom. The molecular weight excluding hydrogens is 104 g/mol. The van der Waals surface area contributed by atoms with Gasteiger partial charge < -0.3 is 9.47 Å². The zero-order chi connectivity index (χ0) is 5.66. The molecule has 2 nitrogen and oxygen atoms in total. The molecule has 0 amide bonds. The predicted octanol–water partition coefficient (Wildman–Crippen LogP) is 0.813. The van der Waals surface area contributed by atoms with Crippen LogP contribution < -0.4 is 0 Å². The number of hydrogen-bond acceptors (Lipinski definition) is 2. The van der Waals surface area contributed by atoms with Gasteiger partial charge in [-0.2, -0.15) is 0 Å². The van der Waals surface area contributed by atoms with Gasteiger partial charge in [-0.1, -0.05) is 0 Å². The quantitative estimate of drug-likeness (QED) is 0.437. The first-order chi connectivity index (χ1) is 4.00. The summed E-state index contributed by atoms with van der Waals surface area (Å²) in [5.41, 5.74) is 0. The predicted molar refractivity (Wildman–Crippen MR) is 30.9 cm³/mol. The molecule has 0 aromatic carbocycles. The molecule has 0 unspecified atom stereocenters. The van der Waals surface area contributed by atoms with Crippen LogP contribution in [0.15, 0.2) is 0 Å². The topological polar surface area (TPSA) is 21.8 Å². The van der Waals surface area contributed by atoms with Crippen molar-refractivity contribution in [3.8, 4) is 0 Å². The average molecular weight is 116 g/mol. The van der Waals surface area contributed by atoms with Gasteiger partial charge >= 0.3 is 0 Å². The summed E-state index contributed by atoms with van der Waals surface area (Å²) in [5.74, 6) is 0. The third kappa shape index (κ3) is 4.09. The molecule has 0 atom stereocenters. The fraction of sp³-hybridized carbons (Fsp3) is 1.00. The summed E-state index contributed by atoms with van der Waals surface area (Å²) in [5, 5.41) is 0. The molecule has 0 N–H and O–H groups in total. The molecule has 0 aromatic rings. The van der Waals surface area contributed by atoms with Gasteiger partial charge in [0.2, 0.25) is 0 Å². The van der Waals surface area contributed by atoms with E-state index in [-0.39, 0.29) is 0 Å². The summed E-state index contributed by atoms with van der Waals surface area (Å²) in [7, 11) is 0. The Bertz CT molecular complexity index is 38.1. The van der Waals surface area contributed by atoms with Crippen LogP contribution in [-0.2, 0) is 9.47 Å². The maximum absolute atomic E-state index is 4.94. The van der Waals surface area contributed by atoms with Gasteiger partial charge in [0, 0.05) is 13.2 Å². The first-order valence-corrected chi connectivity index (χ1v) is 3.15. The molecule has 0 aromatic heterocycles. The Balaban J connectivity index is 0.0000000907. The van der Waals surface area contributed by atoms with Crippen molar-refractivity contribution >= 4 is 0 Å². The van der Waals surface area contributed by atoms with Crippen molar-refractivity contribution < 1.29 is 9.47 Å². The van der Waals surface area contributed by atoms with Crippen molar-refractivity contribution in [2.45, 2.75) is 12.8 Å². The third-order valence-corrected chi connectivity index (χ3v) is 1.03. The SMILES string of the molecule is C1CCOC1.C1CO1. The lowest BCUT2D eigenvalue weighted by molar-refractivity contribution is 0.198. The fourth-order valence-electron chi connectivity index (χ4n) is 0.510. The minimum atomic E-state index is 1.00. The first-order valence-electron chi connectivity index (χ1n) is 3.15. The monoisotopic (exact) mass is 116 g/mol. The molecule has 0 aliphatic carbocycles. The van der Waals surface area contributed by atoms with E-state index in [0.717, 1.165) is 26.4 Å². The van der Waals surface area contributed by atoms with Crippen molar-refractivity contribution in [1.29, 1.82) is 0 Å². The largest absolute Gasteiger partial charge is 0.381 e. The zero-order valence-corrected chi connectivity index (χ0v) is 5.06. The van der Waals surface area contributed by atoms with E-state index in [1.807, 2.05) is 0 Å². The van der Waals surface area contributed by atoms with Gasteiger partial charge in [0.15, 0.2) is 0 Å². The van der Waals surface area contributed by atoms with Crippen molar-refractivity contribution in [2.24, 2.45) is 0 Å². The summed E-state index contributed by atoms with van der Waals surface area (Å²) in [6, 6.07) is 0. The second kappa shape index (κ2) is 3.87.